The molecule has 6 nitrogen and oxygen atoms in total. The van der Waals surface area contributed by atoms with Crippen LogP contribution in [0.1, 0.15) is 5.56 Å². The van der Waals surface area contributed by atoms with Crippen LogP contribution in [-0.2, 0) is 0 Å². The van der Waals surface area contributed by atoms with Crippen LogP contribution >= 0.6 is 0 Å². The lowest BCUT2D eigenvalue weighted by Crippen LogP contribution is -2.02. The molecule has 0 spiro atoms. The van der Waals surface area contributed by atoms with Gasteiger partial charge in [0.15, 0.2) is 0 Å². The van der Waals surface area contributed by atoms with Crippen molar-refractivity contribution in [3.8, 4) is 5.69 Å². The van der Waals surface area contributed by atoms with Crippen molar-refractivity contribution in [1.29, 1.82) is 0 Å². The highest BCUT2D eigenvalue weighted by Crippen LogP contribution is 2.23. The summed E-state index contributed by atoms with van der Waals surface area (Å²) in [6.45, 7) is 1.96. The van der Waals surface area contributed by atoms with E-state index in [-0.39, 0.29) is 11.5 Å². The summed E-state index contributed by atoms with van der Waals surface area (Å²) < 4.78 is 1.34. The van der Waals surface area contributed by atoms with E-state index in [9.17, 15) is 10.1 Å². The van der Waals surface area contributed by atoms with Gasteiger partial charge in [0.05, 0.1) is 10.6 Å². The minimum absolute atomic E-state index is 0.0360. The van der Waals surface area contributed by atoms with Crippen LogP contribution in [0.15, 0.2) is 30.5 Å². The van der Waals surface area contributed by atoms with Gasteiger partial charge in [0.1, 0.15) is 6.20 Å². The Morgan fingerprint density at radius 1 is 1.38 bits per heavy atom. The lowest BCUT2D eigenvalue weighted by molar-refractivity contribution is -0.383. The third kappa shape index (κ3) is 1.60. The Balaban J connectivity index is 2.49. The molecular formula is C10H10N4O2. The highest BCUT2D eigenvalue weighted by Gasteiger charge is 2.17. The van der Waals surface area contributed by atoms with E-state index in [0.29, 0.717) is 5.69 Å². The van der Waals surface area contributed by atoms with Gasteiger partial charge < -0.3 is 5.73 Å². The summed E-state index contributed by atoms with van der Waals surface area (Å²) in [6.07, 6.45) is 1.15. The molecule has 2 rings (SSSR count). The van der Waals surface area contributed by atoms with Crippen LogP contribution in [0.25, 0.3) is 5.69 Å². The van der Waals surface area contributed by atoms with Crippen molar-refractivity contribution < 1.29 is 4.92 Å². The molecule has 0 atom stereocenters. The van der Waals surface area contributed by atoms with E-state index >= 15 is 0 Å². The summed E-state index contributed by atoms with van der Waals surface area (Å²) in [4.78, 5) is 10.0. The number of anilines is 1. The number of benzene rings is 1. The maximum absolute atomic E-state index is 10.6. The second kappa shape index (κ2) is 3.65. The number of rotatable bonds is 2. The van der Waals surface area contributed by atoms with Crippen LogP contribution in [0.2, 0.25) is 0 Å². The second-order valence-corrected chi connectivity index (χ2v) is 3.42. The fourth-order valence-corrected chi connectivity index (χ4v) is 1.38. The number of hydrogen-bond acceptors (Lipinski definition) is 4. The Kier molecular flexibility index (Phi) is 2.32. The zero-order valence-corrected chi connectivity index (χ0v) is 8.62. The molecule has 6 heteroatoms. The van der Waals surface area contributed by atoms with Gasteiger partial charge >= 0.3 is 5.69 Å². The van der Waals surface area contributed by atoms with Gasteiger partial charge in [0, 0.05) is 0 Å². The Morgan fingerprint density at radius 3 is 2.50 bits per heavy atom. The molecule has 0 aliphatic carbocycles. The third-order valence-electron chi connectivity index (χ3n) is 2.26. The summed E-state index contributed by atoms with van der Waals surface area (Å²) in [6, 6.07) is 7.40. The molecule has 2 aromatic rings. The fraction of sp³-hybridized carbons (Fsp3) is 0.100. The van der Waals surface area contributed by atoms with Crippen LogP contribution < -0.4 is 5.73 Å². The van der Waals surface area contributed by atoms with Crippen molar-refractivity contribution >= 4 is 11.5 Å². The minimum Gasteiger partial charge on any atom is -0.378 e. The molecule has 16 heavy (non-hydrogen) atoms. The van der Waals surface area contributed by atoms with Gasteiger partial charge in [-0.05, 0) is 19.1 Å². The first kappa shape index (κ1) is 10.2. The number of nitrogens with two attached hydrogens (primary N) is 1. The van der Waals surface area contributed by atoms with Crippen molar-refractivity contribution in [2.24, 2.45) is 0 Å². The molecule has 0 unspecified atom stereocenters. The second-order valence-electron chi connectivity index (χ2n) is 3.42. The monoisotopic (exact) mass is 218 g/mol. The zero-order valence-electron chi connectivity index (χ0n) is 8.62. The van der Waals surface area contributed by atoms with Crippen molar-refractivity contribution in [2.45, 2.75) is 6.92 Å². The molecule has 0 aliphatic rings. The molecule has 0 aliphatic heterocycles. The third-order valence-corrected chi connectivity index (χ3v) is 2.26. The van der Waals surface area contributed by atoms with E-state index in [1.807, 2.05) is 31.2 Å². The van der Waals surface area contributed by atoms with Gasteiger partial charge in [-0.2, -0.15) is 5.10 Å². The molecule has 82 valence electrons. The van der Waals surface area contributed by atoms with Crippen molar-refractivity contribution in [3.63, 3.8) is 0 Å². The standard InChI is InChI=1S/C10H10N4O2/c1-7-2-4-8(5-3-7)13-10(11)9(6-12-13)14(15)16/h2-6H,11H2,1H3. The first-order chi connectivity index (χ1) is 7.59. The first-order valence-electron chi connectivity index (χ1n) is 4.64. The number of nitrogens with zero attached hydrogens (tertiary/aromatic N) is 3. The van der Waals surface area contributed by atoms with Gasteiger partial charge in [-0.15, -0.1) is 0 Å². The highest BCUT2D eigenvalue weighted by atomic mass is 16.6. The SMILES string of the molecule is Cc1ccc(-n2ncc([N+](=O)[O-])c2N)cc1. The average molecular weight is 218 g/mol. The van der Waals surface area contributed by atoms with Gasteiger partial charge in [-0.3, -0.25) is 10.1 Å². The first-order valence-corrected chi connectivity index (χ1v) is 4.64. The van der Waals surface area contributed by atoms with Gasteiger partial charge in [0.2, 0.25) is 5.82 Å². The molecule has 1 aromatic carbocycles. The zero-order chi connectivity index (χ0) is 11.7. The Morgan fingerprint density at radius 2 is 2.00 bits per heavy atom. The normalized spacial score (nSPS) is 10.3. The predicted octanol–water partition coefficient (Wildman–Crippen LogP) is 1.67. The summed E-state index contributed by atoms with van der Waals surface area (Å²) in [5, 5.41) is 14.5. The fourth-order valence-electron chi connectivity index (χ4n) is 1.38. The van der Waals surface area contributed by atoms with E-state index in [1.165, 1.54) is 4.68 Å². The van der Waals surface area contributed by atoms with E-state index < -0.39 is 4.92 Å². The molecule has 0 saturated heterocycles. The molecule has 1 heterocycles. The molecule has 0 fully saturated rings. The largest absolute Gasteiger partial charge is 0.378 e. The molecule has 2 N–H and O–H groups in total. The smallest absolute Gasteiger partial charge is 0.331 e. The lowest BCUT2D eigenvalue weighted by Gasteiger charge is -2.03. The number of nitro groups is 1. The van der Waals surface area contributed by atoms with Crippen molar-refractivity contribution in [3.05, 3.63) is 46.1 Å². The van der Waals surface area contributed by atoms with Crippen LogP contribution in [-0.4, -0.2) is 14.7 Å². The van der Waals surface area contributed by atoms with Crippen LogP contribution in [0, 0.1) is 17.0 Å². The van der Waals surface area contributed by atoms with Gasteiger partial charge in [-0.25, -0.2) is 4.68 Å². The van der Waals surface area contributed by atoms with Crippen molar-refractivity contribution in [2.75, 3.05) is 5.73 Å². The quantitative estimate of drug-likeness (QED) is 0.613. The van der Waals surface area contributed by atoms with E-state index in [0.717, 1.165) is 11.8 Å². The Hall–Kier alpha value is -2.37. The summed E-state index contributed by atoms with van der Waals surface area (Å²) in [7, 11) is 0. The molecule has 0 radical (unpaired) electrons. The molecular weight excluding hydrogens is 208 g/mol. The number of hydrogen-bond donors (Lipinski definition) is 1. The van der Waals surface area contributed by atoms with Gasteiger partial charge in [0.25, 0.3) is 0 Å². The number of aryl methyl sites for hydroxylation is 1. The lowest BCUT2D eigenvalue weighted by atomic mass is 10.2. The molecule has 0 bridgehead atoms. The number of aromatic nitrogens is 2. The van der Waals surface area contributed by atoms with E-state index in [4.69, 9.17) is 5.73 Å². The maximum atomic E-state index is 10.6. The van der Waals surface area contributed by atoms with Crippen LogP contribution in [0.4, 0.5) is 11.5 Å². The minimum atomic E-state index is -0.549. The van der Waals surface area contributed by atoms with Crippen LogP contribution in [0.3, 0.4) is 0 Å². The maximum Gasteiger partial charge on any atom is 0.331 e. The topological polar surface area (TPSA) is 87.0 Å². The van der Waals surface area contributed by atoms with E-state index in [2.05, 4.69) is 5.10 Å². The number of nitrogen functional groups attached to an aromatic ring is 1. The molecule has 0 amide bonds. The Bertz CT molecular complexity index is 530. The average Bonchev–Trinajstić information content (AvgIpc) is 2.61. The molecule has 0 saturated carbocycles. The van der Waals surface area contributed by atoms with Crippen LogP contribution in [0.5, 0.6) is 0 Å². The van der Waals surface area contributed by atoms with E-state index in [1.54, 1.807) is 0 Å². The summed E-state index contributed by atoms with van der Waals surface area (Å²) in [5.41, 5.74) is 7.26. The highest BCUT2D eigenvalue weighted by molar-refractivity contribution is 5.56. The summed E-state index contributed by atoms with van der Waals surface area (Å²) >= 11 is 0. The van der Waals surface area contributed by atoms with Gasteiger partial charge in [-0.1, -0.05) is 17.7 Å². The predicted molar refractivity (Wildman–Crippen MR) is 59.4 cm³/mol. The Labute approximate surface area is 91.5 Å². The van der Waals surface area contributed by atoms with Crippen molar-refractivity contribution in [1.82, 2.24) is 9.78 Å². The molecule has 1 aromatic heterocycles. The summed E-state index contributed by atoms with van der Waals surface area (Å²) in [5.74, 6) is 0.0360.